The molecule has 1 aliphatic heterocycles. The van der Waals surface area contributed by atoms with Crippen LogP contribution in [0.25, 0.3) is 0 Å². The first-order valence-corrected chi connectivity index (χ1v) is 9.79. The summed E-state index contributed by atoms with van der Waals surface area (Å²) in [7, 11) is 3.82. The average Bonchev–Trinajstić information content (AvgIpc) is 2.82. The first-order chi connectivity index (χ1) is 11.3. The number of hydrogen-bond donors (Lipinski definition) is 1. The summed E-state index contributed by atoms with van der Waals surface area (Å²) >= 11 is 0. The van der Waals surface area contributed by atoms with Crippen LogP contribution in [0.1, 0.15) is 58.8 Å². The molecule has 3 aliphatic carbocycles. The summed E-state index contributed by atoms with van der Waals surface area (Å²) in [6, 6.07) is 0.400. The Balaban J connectivity index is 1.68. The number of fused-ring (bicyclic) bond motifs is 5. The van der Waals surface area contributed by atoms with E-state index in [0.717, 1.165) is 25.7 Å². The Morgan fingerprint density at radius 3 is 2.62 bits per heavy atom. The van der Waals surface area contributed by atoms with Crippen LogP contribution in [0.2, 0.25) is 0 Å². The molecule has 8 atom stereocenters. The topological polar surface area (TPSA) is 49.8 Å². The van der Waals surface area contributed by atoms with Gasteiger partial charge in [-0.2, -0.15) is 0 Å². The lowest BCUT2D eigenvalue weighted by molar-refractivity contribution is -0.165. The Kier molecular flexibility index (Phi) is 3.82. The number of methoxy groups -OCH3 is 1. The number of ether oxygens (including phenoxy) is 1. The molecule has 4 rings (SSSR count). The van der Waals surface area contributed by atoms with Gasteiger partial charge in [-0.1, -0.05) is 13.8 Å². The lowest BCUT2D eigenvalue weighted by atomic mass is 9.47. The van der Waals surface area contributed by atoms with Crippen LogP contribution in [0.5, 0.6) is 0 Å². The fourth-order valence-corrected chi connectivity index (χ4v) is 7.40. The van der Waals surface area contributed by atoms with Crippen LogP contribution >= 0.6 is 0 Å². The molecule has 0 spiro atoms. The van der Waals surface area contributed by atoms with E-state index >= 15 is 0 Å². The number of piperidine rings is 1. The zero-order valence-corrected chi connectivity index (χ0v) is 15.6. The van der Waals surface area contributed by atoms with Crippen LogP contribution in [-0.2, 0) is 9.53 Å². The maximum atomic E-state index is 12.2. The quantitative estimate of drug-likeness (QED) is 0.802. The summed E-state index contributed by atoms with van der Waals surface area (Å²) in [6.07, 6.45) is 7.07. The Hall–Kier alpha value is -0.610. The van der Waals surface area contributed by atoms with Gasteiger partial charge in [0.2, 0.25) is 5.91 Å². The van der Waals surface area contributed by atoms with E-state index < -0.39 is 0 Å². The molecule has 0 radical (unpaired) electrons. The van der Waals surface area contributed by atoms with Gasteiger partial charge in [0.1, 0.15) is 0 Å². The van der Waals surface area contributed by atoms with E-state index in [2.05, 4.69) is 13.8 Å². The molecule has 1 heterocycles. The van der Waals surface area contributed by atoms with Crippen molar-refractivity contribution in [2.75, 3.05) is 14.2 Å². The lowest BCUT2D eigenvalue weighted by Crippen LogP contribution is -2.62. The normalized spacial score (nSPS) is 54.2. The van der Waals surface area contributed by atoms with Gasteiger partial charge in [-0.15, -0.1) is 0 Å². The van der Waals surface area contributed by atoms with Gasteiger partial charge in [0.15, 0.2) is 0 Å². The van der Waals surface area contributed by atoms with E-state index in [4.69, 9.17) is 4.74 Å². The number of carbonyl (C=O) groups is 1. The van der Waals surface area contributed by atoms with Crippen LogP contribution in [0.3, 0.4) is 0 Å². The first kappa shape index (κ1) is 16.8. The highest BCUT2D eigenvalue weighted by Gasteiger charge is 2.63. The highest BCUT2D eigenvalue weighted by Crippen LogP contribution is 2.65. The first-order valence-electron chi connectivity index (χ1n) is 9.79. The minimum atomic E-state index is -0.227. The second-order valence-electron chi connectivity index (χ2n) is 9.47. The monoisotopic (exact) mass is 335 g/mol. The molecule has 0 bridgehead atoms. The second-order valence-corrected chi connectivity index (χ2v) is 9.47. The fraction of sp³-hybridized carbons (Fsp3) is 0.950. The van der Waals surface area contributed by atoms with Crippen molar-refractivity contribution in [1.82, 2.24) is 4.90 Å². The van der Waals surface area contributed by atoms with Crippen molar-refractivity contribution in [3.05, 3.63) is 0 Å². The number of nitrogens with zero attached hydrogens (tertiary/aromatic N) is 1. The molecule has 1 N–H and O–H groups in total. The van der Waals surface area contributed by atoms with Gasteiger partial charge in [0.25, 0.3) is 0 Å². The number of amides is 1. The molecule has 3 saturated carbocycles. The molecule has 136 valence electrons. The molecular weight excluding hydrogens is 302 g/mol. The van der Waals surface area contributed by atoms with Crippen molar-refractivity contribution in [2.45, 2.75) is 77.0 Å². The molecule has 4 aliphatic rings. The molecule has 0 aromatic rings. The molecule has 0 aromatic carbocycles. The zero-order chi connectivity index (χ0) is 17.3. The van der Waals surface area contributed by atoms with Crippen molar-refractivity contribution in [3.63, 3.8) is 0 Å². The molecule has 3 unspecified atom stereocenters. The van der Waals surface area contributed by atoms with E-state index in [-0.39, 0.29) is 23.0 Å². The van der Waals surface area contributed by atoms with Gasteiger partial charge < -0.3 is 14.7 Å². The third kappa shape index (κ3) is 2.02. The number of aliphatic hydroxyl groups is 1. The van der Waals surface area contributed by atoms with Crippen LogP contribution in [0.15, 0.2) is 0 Å². The van der Waals surface area contributed by atoms with Gasteiger partial charge in [0, 0.05) is 33.0 Å². The SMILES string of the molecule is CO[C@@H]1C[C@H](O)[C@@]2(C)CCC3C(CC[C@H]4N(C)C(=O)CC[C@]34C)C12. The maximum Gasteiger partial charge on any atom is 0.222 e. The molecule has 0 aromatic heterocycles. The summed E-state index contributed by atoms with van der Waals surface area (Å²) in [5.74, 6) is 2.08. The fourth-order valence-electron chi connectivity index (χ4n) is 7.40. The van der Waals surface area contributed by atoms with Gasteiger partial charge >= 0.3 is 0 Å². The molecule has 4 heteroatoms. The third-order valence-corrected chi connectivity index (χ3v) is 8.77. The molecule has 1 amide bonds. The van der Waals surface area contributed by atoms with E-state index in [0.29, 0.717) is 36.1 Å². The minimum absolute atomic E-state index is 0.0153. The predicted molar refractivity (Wildman–Crippen MR) is 92.4 cm³/mol. The predicted octanol–water partition coefficient (Wildman–Crippen LogP) is 2.84. The Morgan fingerprint density at radius 2 is 1.92 bits per heavy atom. The lowest BCUT2D eigenvalue weighted by Gasteiger charge is -2.61. The van der Waals surface area contributed by atoms with Crippen LogP contribution in [-0.4, -0.2) is 48.3 Å². The smallest absolute Gasteiger partial charge is 0.222 e. The summed E-state index contributed by atoms with van der Waals surface area (Å²) in [4.78, 5) is 14.2. The highest BCUT2D eigenvalue weighted by atomic mass is 16.5. The number of carbonyl (C=O) groups excluding carboxylic acids is 1. The molecule has 4 fully saturated rings. The highest BCUT2D eigenvalue weighted by molar-refractivity contribution is 5.77. The van der Waals surface area contributed by atoms with E-state index in [1.54, 1.807) is 0 Å². The number of hydrogen-bond acceptors (Lipinski definition) is 3. The zero-order valence-electron chi connectivity index (χ0n) is 15.6. The van der Waals surface area contributed by atoms with Crippen molar-refractivity contribution in [3.8, 4) is 0 Å². The Bertz CT molecular complexity index is 537. The molecular formula is C20H33NO3. The standard InChI is InChI=1S/C20H33NO3/c1-19-10-8-17(23)21(3)15(19)6-5-12-13(19)7-9-20(2)16(22)11-14(24-4)18(12)20/h12-16,18,22H,5-11H2,1-4H3/t12?,13?,14-,15-,16+,18?,19-,20-/m1/s1. The van der Waals surface area contributed by atoms with E-state index in [1.807, 2.05) is 19.1 Å². The van der Waals surface area contributed by atoms with Crippen LogP contribution < -0.4 is 0 Å². The van der Waals surface area contributed by atoms with Crippen molar-refractivity contribution in [2.24, 2.45) is 28.6 Å². The van der Waals surface area contributed by atoms with Gasteiger partial charge in [-0.05, 0) is 60.7 Å². The summed E-state index contributed by atoms with van der Waals surface area (Å²) < 4.78 is 5.85. The van der Waals surface area contributed by atoms with Crippen LogP contribution in [0.4, 0.5) is 0 Å². The third-order valence-electron chi connectivity index (χ3n) is 8.77. The summed E-state index contributed by atoms with van der Waals surface area (Å²) in [6.45, 7) is 4.73. The molecule has 1 saturated heterocycles. The number of likely N-dealkylation sites (tertiary alicyclic amines) is 1. The minimum Gasteiger partial charge on any atom is -0.392 e. The Labute approximate surface area is 145 Å². The number of rotatable bonds is 1. The Morgan fingerprint density at radius 1 is 1.17 bits per heavy atom. The van der Waals surface area contributed by atoms with Gasteiger partial charge in [-0.3, -0.25) is 4.79 Å². The van der Waals surface area contributed by atoms with Gasteiger partial charge in [-0.25, -0.2) is 0 Å². The maximum absolute atomic E-state index is 12.2. The average molecular weight is 335 g/mol. The summed E-state index contributed by atoms with van der Waals surface area (Å²) in [5.41, 5.74) is 0.250. The van der Waals surface area contributed by atoms with E-state index in [9.17, 15) is 9.90 Å². The number of aliphatic hydroxyl groups excluding tert-OH is 1. The largest absolute Gasteiger partial charge is 0.392 e. The van der Waals surface area contributed by atoms with Crippen LogP contribution in [0, 0.1) is 28.6 Å². The van der Waals surface area contributed by atoms with Gasteiger partial charge in [0.05, 0.1) is 12.2 Å². The molecule has 4 nitrogen and oxygen atoms in total. The van der Waals surface area contributed by atoms with Crippen molar-refractivity contribution >= 4 is 5.91 Å². The summed E-state index contributed by atoms with van der Waals surface area (Å²) in [5, 5.41) is 10.7. The molecule has 24 heavy (non-hydrogen) atoms. The van der Waals surface area contributed by atoms with E-state index in [1.165, 1.54) is 12.8 Å². The second kappa shape index (κ2) is 5.44. The van der Waals surface area contributed by atoms with Crippen molar-refractivity contribution in [1.29, 1.82) is 0 Å². The van der Waals surface area contributed by atoms with Crippen molar-refractivity contribution < 1.29 is 14.6 Å².